The van der Waals surface area contributed by atoms with Gasteiger partial charge in [-0.3, -0.25) is 14.9 Å². The first-order chi connectivity index (χ1) is 17.4. The molecular weight excluding hydrogens is 474 g/mol. The van der Waals surface area contributed by atoms with Gasteiger partial charge in [0.25, 0.3) is 18.0 Å². The Morgan fingerprint density at radius 2 is 1.69 bits per heavy atom. The molecule has 0 radical (unpaired) electrons. The number of hydrogen-bond acceptors (Lipinski definition) is 6. The monoisotopic (exact) mass is 494 g/mol. The van der Waals surface area contributed by atoms with Crippen LogP contribution in [0, 0.1) is 10.1 Å². The van der Waals surface area contributed by atoms with Gasteiger partial charge in [0.1, 0.15) is 18.1 Å². The molecule has 4 aromatic rings. The van der Waals surface area contributed by atoms with Crippen LogP contribution in [0.5, 0.6) is 11.5 Å². The molecule has 1 amide bonds. The number of aromatic nitrogens is 2. The lowest BCUT2D eigenvalue weighted by atomic mass is 10.1. The maximum Gasteiger partial charge on any atom is 0.276 e. The lowest BCUT2D eigenvalue weighted by Crippen LogP contribution is -2.15. The molecule has 0 spiro atoms. The normalized spacial score (nSPS) is 10.8. The van der Waals surface area contributed by atoms with E-state index in [1.165, 1.54) is 23.0 Å². The molecule has 184 valence electrons. The van der Waals surface area contributed by atoms with E-state index in [2.05, 4.69) is 10.4 Å². The zero-order valence-electron chi connectivity index (χ0n) is 18.7. The summed E-state index contributed by atoms with van der Waals surface area (Å²) in [4.78, 5) is 23.0. The molecule has 0 atom stereocenters. The molecule has 0 unspecified atom stereocenters. The molecule has 0 bridgehead atoms. The Kier molecular flexibility index (Phi) is 7.49. The molecular formula is C25H20F2N4O5. The van der Waals surface area contributed by atoms with E-state index in [0.717, 1.165) is 23.3 Å². The SMILES string of the molecule is O=C(Nc1cc(OCC(F)F)cc([N+](=O)[O-])c1)c1ccn(COc2ccc(-c3ccccc3)cc2)n1. The highest BCUT2D eigenvalue weighted by atomic mass is 19.3. The summed E-state index contributed by atoms with van der Waals surface area (Å²) in [5.41, 5.74) is 1.74. The predicted octanol–water partition coefficient (Wildman–Crippen LogP) is 5.39. The van der Waals surface area contributed by atoms with Gasteiger partial charge < -0.3 is 14.8 Å². The molecule has 0 aliphatic rings. The number of nitrogens with one attached hydrogen (secondary N) is 1. The lowest BCUT2D eigenvalue weighted by molar-refractivity contribution is -0.384. The quantitative estimate of drug-likeness (QED) is 0.234. The maximum atomic E-state index is 12.6. The first-order valence-electron chi connectivity index (χ1n) is 10.7. The molecule has 36 heavy (non-hydrogen) atoms. The summed E-state index contributed by atoms with van der Waals surface area (Å²) < 4.78 is 36.8. The van der Waals surface area contributed by atoms with Gasteiger partial charge in [0, 0.05) is 18.3 Å². The van der Waals surface area contributed by atoms with E-state index in [0.29, 0.717) is 5.75 Å². The zero-order valence-corrected chi connectivity index (χ0v) is 18.7. The molecule has 0 saturated carbocycles. The van der Waals surface area contributed by atoms with Crippen molar-refractivity contribution in [2.45, 2.75) is 13.2 Å². The molecule has 0 saturated heterocycles. The van der Waals surface area contributed by atoms with Crippen LogP contribution in [0.2, 0.25) is 0 Å². The van der Waals surface area contributed by atoms with Crippen LogP contribution in [-0.4, -0.2) is 33.6 Å². The van der Waals surface area contributed by atoms with Crippen molar-refractivity contribution in [1.82, 2.24) is 9.78 Å². The van der Waals surface area contributed by atoms with Crippen LogP contribution in [0.15, 0.2) is 85.1 Å². The first kappa shape index (κ1) is 24.3. The van der Waals surface area contributed by atoms with Gasteiger partial charge >= 0.3 is 0 Å². The van der Waals surface area contributed by atoms with E-state index in [4.69, 9.17) is 9.47 Å². The fourth-order valence-corrected chi connectivity index (χ4v) is 3.27. The van der Waals surface area contributed by atoms with E-state index in [1.54, 1.807) is 0 Å². The standard InChI is InChI=1S/C25H20F2N4O5/c26-24(27)15-35-22-13-19(12-20(14-22)31(33)34)28-25(32)23-10-11-30(29-23)16-36-21-8-6-18(7-9-21)17-4-2-1-3-5-17/h1-14,24H,15-16H2,(H,28,32). The number of alkyl halides is 2. The minimum absolute atomic E-state index is 0.00257. The third-order valence-electron chi connectivity index (χ3n) is 4.93. The van der Waals surface area contributed by atoms with Gasteiger partial charge in [0.05, 0.1) is 16.7 Å². The van der Waals surface area contributed by atoms with Crippen molar-refractivity contribution >= 4 is 17.3 Å². The van der Waals surface area contributed by atoms with Crippen LogP contribution in [0.3, 0.4) is 0 Å². The smallest absolute Gasteiger partial charge is 0.276 e. The van der Waals surface area contributed by atoms with Gasteiger partial charge in [-0.25, -0.2) is 13.5 Å². The molecule has 3 aromatic carbocycles. The second kappa shape index (κ2) is 11.1. The Morgan fingerprint density at radius 1 is 0.972 bits per heavy atom. The number of halogens is 2. The highest BCUT2D eigenvalue weighted by Gasteiger charge is 2.16. The number of amides is 1. The number of non-ortho nitro benzene ring substituents is 1. The van der Waals surface area contributed by atoms with Crippen molar-refractivity contribution in [2.75, 3.05) is 11.9 Å². The van der Waals surface area contributed by atoms with E-state index in [-0.39, 0.29) is 23.9 Å². The minimum atomic E-state index is -2.75. The summed E-state index contributed by atoms with van der Waals surface area (Å²) in [5.74, 6) is -0.206. The molecule has 9 nitrogen and oxygen atoms in total. The predicted molar refractivity (Wildman–Crippen MR) is 127 cm³/mol. The van der Waals surface area contributed by atoms with E-state index in [9.17, 15) is 23.7 Å². The fraction of sp³-hybridized carbons (Fsp3) is 0.120. The summed E-state index contributed by atoms with van der Waals surface area (Å²) in [7, 11) is 0. The summed E-state index contributed by atoms with van der Waals surface area (Å²) in [6.45, 7) is -0.895. The molecule has 0 aliphatic carbocycles. The summed E-state index contributed by atoms with van der Waals surface area (Å²) >= 11 is 0. The fourth-order valence-electron chi connectivity index (χ4n) is 3.27. The Labute approximate surface area is 204 Å². The van der Waals surface area contributed by atoms with Crippen molar-refractivity contribution in [3.05, 3.63) is 101 Å². The number of anilines is 1. The zero-order chi connectivity index (χ0) is 25.5. The van der Waals surface area contributed by atoms with Crippen molar-refractivity contribution < 1.29 is 28.0 Å². The number of nitro groups is 1. The van der Waals surface area contributed by atoms with Crippen LogP contribution < -0.4 is 14.8 Å². The van der Waals surface area contributed by atoms with Gasteiger partial charge in [0.2, 0.25) is 0 Å². The van der Waals surface area contributed by atoms with E-state index >= 15 is 0 Å². The molecule has 0 aliphatic heterocycles. The minimum Gasteiger partial charge on any atom is -0.487 e. The second-order valence-electron chi connectivity index (χ2n) is 7.53. The highest BCUT2D eigenvalue weighted by Crippen LogP contribution is 2.27. The average Bonchev–Trinajstić information content (AvgIpc) is 3.36. The third kappa shape index (κ3) is 6.41. The van der Waals surface area contributed by atoms with Crippen molar-refractivity contribution in [1.29, 1.82) is 0 Å². The average molecular weight is 494 g/mol. The molecule has 0 fully saturated rings. The highest BCUT2D eigenvalue weighted by molar-refractivity contribution is 6.03. The number of carbonyl (C=O) groups is 1. The number of nitrogens with zero attached hydrogens (tertiary/aromatic N) is 3. The summed E-state index contributed by atoms with van der Waals surface area (Å²) in [6, 6.07) is 22.2. The number of nitro benzene ring substituents is 1. The van der Waals surface area contributed by atoms with Crippen molar-refractivity contribution in [3.8, 4) is 22.6 Å². The number of ether oxygens (including phenoxy) is 2. The van der Waals surface area contributed by atoms with Crippen LogP contribution >= 0.6 is 0 Å². The van der Waals surface area contributed by atoms with Crippen LogP contribution in [-0.2, 0) is 6.73 Å². The van der Waals surface area contributed by atoms with Gasteiger partial charge in [-0.1, -0.05) is 42.5 Å². The molecule has 1 N–H and O–H groups in total. The molecule has 4 rings (SSSR count). The van der Waals surface area contributed by atoms with E-state index < -0.39 is 29.6 Å². The second-order valence-corrected chi connectivity index (χ2v) is 7.53. The Morgan fingerprint density at radius 3 is 2.39 bits per heavy atom. The van der Waals surface area contributed by atoms with Gasteiger partial charge in [0.15, 0.2) is 12.4 Å². The number of hydrogen-bond donors (Lipinski definition) is 1. The number of rotatable bonds is 10. The van der Waals surface area contributed by atoms with E-state index in [1.807, 2.05) is 54.6 Å². The Balaban J connectivity index is 1.37. The molecule has 11 heteroatoms. The van der Waals surface area contributed by atoms with Crippen LogP contribution in [0.1, 0.15) is 10.5 Å². The Bertz CT molecular complexity index is 1340. The third-order valence-corrected chi connectivity index (χ3v) is 4.93. The van der Waals surface area contributed by atoms with Crippen molar-refractivity contribution in [3.63, 3.8) is 0 Å². The van der Waals surface area contributed by atoms with Gasteiger partial charge in [-0.15, -0.1) is 0 Å². The van der Waals surface area contributed by atoms with Crippen LogP contribution in [0.25, 0.3) is 11.1 Å². The topological polar surface area (TPSA) is 109 Å². The Hall–Kier alpha value is -4.80. The largest absolute Gasteiger partial charge is 0.487 e. The molecule has 1 heterocycles. The van der Waals surface area contributed by atoms with Crippen LogP contribution in [0.4, 0.5) is 20.2 Å². The first-order valence-corrected chi connectivity index (χ1v) is 10.7. The summed E-state index contributed by atoms with van der Waals surface area (Å²) in [5, 5.41) is 17.7. The van der Waals surface area contributed by atoms with Crippen molar-refractivity contribution in [2.24, 2.45) is 0 Å². The molecule has 1 aromatic heterocycles. The summed E-state index contributed by atoms with van der Waals surface area (Å²) in [6.07, 6.45) is -1.21. The van der Waals surface area contributed by atoms with Gasteiger partial charge in [-0.05, 0) is 29.3 Å². The van der Waals surface area contributed by atoms with Gasteiger partial charge in [-0.2, -0.15) is 5.10 Å². The lowest BCUT2D eigenvalue weighted by Gasteiger charge is -2.09. The maximum absolute atomic E-state index is 12.6. The number of benzene rings is 3. The number of carbonyl (C=O) groups excluding carboxylic acids is 1.